The summed E-state index contributed by atoms with van der Waals surface area (Å²) < 4.78 is 16.0. The molecule has 0 radical (unpaired) electrons. The molecule has 2 N–H and O–H groups in total. The van der Waals surface area contributed by atoms with Gasteiger partial charge in [-0.3, -0.25) is 20.4 Å². The number of hydrogen-bond donors (Lipinski definition) is 2. The number of carbonyl (C=O) groups is 2. The fourth-order valence-corrected chi connectivity index (χ4v) is 2.51. The summed E-state index contributed by atoms with van der Waals surface area (Å²) in [5.74, 6) is 0.995. The minimum atomic E-state index is -0.515. The van der Waals surface area contributed by atoms with E-state index in [1.54, 1.807) is 12.1 Å². The second-order valence-corrected chi connectivity index (χ2v) is 6.14. The standard InChI is InChI=1S/C20H23ClN2O5/c1-3-27-15-7-9-16(10-8-15)28-12-4-5-19(24)22-23-20(25)17-13-14(21)6-11-18(17)26-2/h6-11,13H,3-5,12H2,1-2H3,(H,22,24)(H,23,25). The van der Waals surface area contributed by atoms with Gasteiger partial charge in [-0.25, -0.2) is 0 Å². The molecule has 0 aromatic heterocycles. The number of carbonyl (C=O) groups excluding carboxylic acids is 2. The van der Waals surface area contributed by atoms with Gasteiger partial charge in [0.15, 0.2) is 0 Å². The van der Waals surface area contributed by atoms with Gasteiger partial charge in [-0.2, -0.15) is 0 Å². The number of halogens is 1. The third-order valence-electron chi connectivity index (χ3n) is 3.67. The van der Waals surface area contributed by atoms with Gasteiger partial charge in [-0.15, -0.1) is 0 Å². The van der Waals surface area contributed by atoms with E-state index in [0.717, 1.165) is 5.75 Å². The van der Waals surface area contributed by atoms with E-state index in [-0.39, 0.29) is 17.9 Å². The number of benzene rings is 2. The summed E-state index contributed by atoms with van der Waals surface area (Å²) in [5.41, 5.74) is 4.94. The Morgan fingerprint density at radius 3 is 2.32 bits per heavy atom. The summed E-state index contributed by atoms with van der Waals surface area (Å²) in [6.45, 7) is 2.90. The number of rotatable bonds is 9. The molecule has 0 fully saturated rings. The molecule has 2 rings (SSSR count). The highest BCUT2D eigenvalue weighted by Gasteiger charge is 2.13. The van der Waals surface area contributed by atoms with Crippen LogP contribution in [0.4, 0.5) is 0 Å². The van der Waals surface area contributed by atoms with Crippen LogP contribution in [0, 0.1) is 0 Å². The second kappa shape index (κ2) is 11.0. The Hall–Kier alpha value is -2.93. The number of amides is 2. The van der Waals surface area contributed by atoms with Crippen LogP contribution in [0.1, 0.15) is 30.1 Å². The van der Waals surface area contributed by atoms with Crippen molar-refractivity contribution in [1.29, 1.82) is 0 Å². The van der Waals surface area contributed by atoms with Crippen LogP contribution >= 0.6 is 11.6 Å². The Balaban J connectivity index is 1.70. The summed E-state index contributed by atoms with van der Waals surface area (Å²) >= 11 is 5.90. The maximum absolute atomic E-state index is 12.2. The minimum absolute atomic E-state index is 0.198. The molecule has 150 valence electrons. The van der Waals surface area contributed by atoms with Crippen molar-refractivity contribution in [2.45, 2.75) is 19.8 Å². The quantitative estimate of drug-likeness (QED) is 0.492. The van der Waals surface area contributed by atoms with Crippen LogP contribution in [-0.2, 0) is 4.79 Å². The SMILES string of the molecule is CCOc1ccc(OCCCC(=O)NNC(=O)c2cc(Cl)ccc2OC)cc1. The van der Waals surface area contributed by atoms with Crippen LogP contribution in [0.5, 0.6) is 17.2 Å². The molecule has 0 atom stereocenters. The first-order chi connectivity index (χ1) is 13.5. The fourth-order valence-electron chi connectivity index (χ4n) is 2.34. The van der Waals surface area contributed by atoms with Gasteiger partial charge < -0.3 is 14.2 Å². The first kappa shape index (κ1) is 21.4. The van der Waals surface area contributed by atoms with Crippen LogP contribution in [-0.4, -0.2) is 32.1 Å². The molecule has 2 amide bonds. The van der Waals surface area contributed by atoms with Crippen molar-refractivity contribution in [3.05, 3.63) is 53.1 Å². The van der Waals surface area contributed by atoms with E-state index in [2.05, 4.69) is 10.9 Å². The van der Waals surface area contributed by atoms with E-state index < -0.39 is 5.91 Å². The Kier molecular flexibility index (Phi) is 8.42. The van der Waals surface area contributed by atoms with E-state index in [1.807, 2.05) is 31.2 Å². The van der Waals surface area contributed by atoms with Crippen LogP contribution in [0.15, 0.2) is 42.5 Å². The highest BCUT2D eigenvalue weighted by atomic mass is 35.5. The Morgan fingerprint density at radius 2 is 1.68 bits per heavy atom. The lowest BCUT2D eigenvalue weighted by molar-refractivity contribution is -0.122. The predicted octanol–water partition coefficient (Wildman–Crippen LogP) is 3.37. The van der Waals surface area contributed by atoms with Crippen LogP contribution < -0.4 is 25.1 Å². The molecule has 2 aromatic carbocycles. The molecule has 0 aliphatic heterocycles. The summed E-state index contributed by atoms with van der Waals surface area (Å²) in [5, 5.41) is 0.392. The topological polar surface area (TPSA) is 85.9 Å². The first-order valence-electron chi connectivity index (χ1n) is 8.82. The number of methoxy groups -OCH3 is 1. The summed E-state index contributed by atoms with van der Waals surface area (Å²) in [6.07, 6.45) is 0.694. The van der Waals surface area contributed by atoms with Crippen LogP contribution in [0.3, 0.4) is 0 Å². The normalized spacial score (nSPS) is 10.1. The molecule has 7 nitrogen and oxygen atoms in total. The summed E-state index contributed by atoms with van der Waals surface area (Å²) in [6, 6.07) is 11.9. The van der Waals surface area contributed by atoms with E-state index in [9.17, 15) is 9.59 Å². The van der Waals surface area contributed by atoms with Gasteiger partial charge in [0, 0.05) is 11.4 Å². The second-order valence-electron chi connectivity index (χ2n) is 5.70. The van der Waals surface area contributed by atoms with E-state index in [4.69, 9.17) is 25.8 Å². The molecule has 0 saturated heterocycles. The van der Waals surface area contributed by atoms with Crippen LogP contribution in [0.25, 0.3) is 0 Å². The van der Waals surface area contributed by atoms with Crippen molar-refractivity contribution in [2.24, 2.45) is 0 Å². The molecule has 2 aromatic rings. The predicted molar refractivity (Wildman–Crippen MR) is 106 cm³/mol. The lowest BCUT2D eigenvalue weighted by Crippen LogP contribution is -2.41. The largest absolute Gasteiger partial charge is 0.496 e. The zero-order chi connectivity index (χ0) is 20.4. The van der Waals surface area contributed by atoms with E-state index in [0.29, 0.717) is 36.2 Å². The molecule has 0 aliphatic rings. The van der Waals surface area contributed by atoms with Gasteiger partial charge in [0.1, 0.15) is 17.2 Å². The molecular formula is C20H23ClN2O5. The van der Waals surface area contributed by atoms with Gasteiger partial charge in [-0.05, 0) is 55.8 Å². The molecule has 0 bridgehead atoms. The smallest absolute Gasteiger partial charge is 0.273 e. The van der Waals surface area contributed by atoms with E-state index >= 15 is 0 Å². The number of nitrogens with one attached hydrogen (secondary N) is 2. The maximum atomic E-state index is 12.2. The molecule has 8 heteroatoms. The third-order valence-corrected chi connectivity index (χ3v) is 3.91. The number of hydrazine groups is 1. The zero-order valence-electron chi connectivity index (χ0n) is 15.8. The maximum Gasteiger partial charge on any atom is 0.273 e. The van der Waals surface area contributed by atoms with E-state index in [1.165, 1.54) is 13.2 Å². The lowest BCUT2D eigenvalue weighted by atomic mass is 10.2. The first-order valence-corrected chi connectivity index (χ1v) is 9.19. The molecule has 0 saturated carbocycles. The van der Waals surface area contributed by atoms with Crippen molar-refractivity contribution in [2.75, 3.05) is 20.3 Å². The van der Waals surface area contributed by atoms with Crippen molar-refractivity contribution in [1.82, 2.24) is 10.9 Å². The molecule has 0 heterocycles. The van der Waals surface area contributed by atoms with Crippen molar-refractivity contribution >= 4 is 23.4 Å². The molecule has 0 spiro atoms. The average Bonchev–Trinajstić information content (AvgIpc) is 2.70. The Labute approximate surface area is 168 Å². The van der Waals surface area contributed by atoms with Gasteiger partial charge in [-0.1, -0.05) is 11.6 Å². The highest BCUT2D eigenvalue weighted by molar-refractivity contribution is 6.31. The highest BCUT2D eigenvalue weighted by Crippen LogP contribution is 2.22. The fraction of sp³-hybridized carbons (Fsp3) is 0.300. The molecule has 0 aliphatic carbocycles. The number of hydrogen-bond acceptors (Lipinski definition) is 5. The number of ether oxygens (including phenoxy) is 3. The molecular weight excluding hydrogens is 384 g/mol. The Morgan fingerprint density at radius 1 is 1.00 bits per heavy atom. The summed E-state index contributed by atoms with van der Waals surface area (Å²) in [4.78, 5) is 24.0. The summed E-state index contributed by atoms with van der Waals surface area (Å²) in [7, 11) is 1.45. The third kappa shape index (κ3) is 6.66. The lowest BCUT2D eigenvalue weighted by Gasteiger charge is -2.11. The monoisotopic (exact) mass is 406 g/mol. The van der Waals surface area contributed by atoms with Crippen molar-refractivity contribution in [3.63, 3.8) is 0 Å². The van der Waals surface area contributed by atoms with Gasteiger partial charge in [0.25, 0.3) is 5.91 Å². The Bertz CT molecular complexity index is 796. The van der Waals surface area contributed by atoms with Gasteiger partial charge >= 0.3 is 0 Å². The van der Waals surface area contributed by atoms with Crippen LogP contribution in [0.2, 0.25) is 5.02 Å². The minimum Gasteiger partial charge on any atom is -0.496 e. The van der Waals surface area contributed by atoms with Crippen molar-refractivity contribution in [3.8, 4) is 17.2 Å². The molecule has 0 unspecified atom stereocenters. The van der Waals surface area contributed by atoms with Crippen molar-refractivity contribution < 1.29 is 23.8 Å². The van der Waals surface area contributed by atoms with Gasteiger partial charge in [0.2, 0.25) is 5.91 Å². The zero-order valence-corrected chi connectivity index (χ0v) is 16.5. The molecule has 28 heavy (non-hydrogen) atoms. The average molecular weight is 407 g/mol. The van der Waals surface area contributed by atoms with Gasteiger partial charge in [0.05, 0.1) is 25.9 Å².